The number of hydrogen-bond donors (Lipinski definition) is 2. The van der Waals surface area contributed by atoms with Crippen LogP contribution in [0.1, 0.15) is 11.1 Å². The summed E-state index contributed by atoms with van der Waals surface area (Å²) in [6.07, 6.45) is 2.85. The molecular formula is C26H19FN4O4S2. The first kappa shape index (κ1) is 25.6. The van der Waals surface area contributed by atoms with Crippen LogP contribution in [-0.2, 0) is 21.4 Å². The number of nitriles is 1. The maximum Gasteiger partial charge on any atom is 0.266 e. The van der Waals surface area contributed by atoms with E-state index in [1.54, 1.807) is 47.8 Å². The molecule has 11 heteroatoms. The Morgan fingerprint density at radius 3 is 2.51 bits per heavy atom. The Hall–Kier alpha value is -4.53. The summed E-state index contributed by atoms with van der Waals surface area (Å²) in [6, 6.07) is 20.3. The molecule has 8 nitrogen and oxygen atoms in total. The maximum atomic E-state index is 13.9. The third kappa shape index (κ3) is 6.58. The lowest BCUT2D eigenvalue weighted by molar-refractivity contribution is -0.112. The lowest BCUT2D eigenvalue weighted by Gasteiger charge is -2.11. The van der Waals surface area contributed by atoms with E-state index in [4.69, 9.17) is 4.74 Å². The molecule has 1 heterocycles. The Balaban J connectivity index is 1.46. The Morgan fingerprint density at radius 2 is 1.81 bits per heavy atom. The molecule has 4 aromatic rings. The van der Waals surface area contributed by atoms with Crippen molar-refractivity contribution in [1.29, 1.82) is 5.26 Å². The summed E-state index contributed by atoms with van der Waals surface area (Å²) in [5.41, 5.74) is 0.916. The SMILES string of the molecule is N#CC(=Cc1ccccc1OCc1ccccc1F)C(=O)Nc1ccc(S(=O)(=O)Nc2nccs2)cc1. The molecule has 0 bridgehead atoms. The number of rotatable bonds is 9. The molecule has 3 aromatic carbocycles. The van der Waals surface area contributed by atoms with E-state index in [2.05, 4.69) is 15.0 Å². The van der Waals surface area contributed by atoms with Crippen molar-refractivity contribution >= 4 is 44.2 Å². The summed E-state index contributed by atoms with van der Waals surface area (Å²) in [5, 5.41) is 14.0. The number of benzene rings is 3. The number of aromatic nitrogens is 1. The Labute approximate surface area is 216 Å². The molecule has 4 rings (SSSR count). The molecule has 0 spiro atoms. The van der Waals surface area contributed by atoms with Crippen molar-refractivity contribution in [3.8, 4) is 11.8 Å². The molecule has 0 radical (unpaired) electrons. The molecule has 0 fully saturated rings. The summed E-state index contributed by atoms with van der Waals surface area (Å²) < 4.78 is 47.0. The molecular weight excluding hydrogens is 515 g/mol. The van der Waals surface area contributed by atoms with E-state index in [0.717, 1.165) is 11.3 Å². The van der Waals surface area contributed by atoms with Gasteiger partial charge in [-0.1, -0.05) is 36.4 Å². The van der Waals surface area contributed by atoms with Crippen LogP contribution in [0.4, 0.5) is 15.2 Å². The first-order valence-electron chi connectivity index (χ1n) is 10.8. The van der Waals surface area contributed by atoms with Crippen molar-refractivity contribution in [1.82, 2.24) is 4.98 Å². The first-order chi connectivity index (χ1) is 17.9. The summed E-state index contributed by atoms with van der Waals surface area (Å²) in [6.45, 7) is -0.0295. The molecule has 0 atom stereocenters. The number of amides is 1. The molecule has 0 aliphatic carbocycles. The minimum absolute atomic E-state index is 0.0160. The van der Waals surface area contributed by atoms with E-state index < -0.39 is 21.7 Å². The maximum absolute atomic E-state index is 13.9. The van der Waals surface area contributed by atoms with Crippen LogP contribution in [0.2, 0.25) is 0 Å². The van der Waals surface area contributed by atoms with E-state index in [1.165, 1.54) is 42.6 Å². The van der Waals surface area contributed by atoms with Gasteiger partial charge in [-0.05, 0) is 42.5 Å². The van der Waals surface area contributed by atoms with Crippen molar-refractivity contribution < 1.29 is 22.3 Å². The van der Waals surface area contributed by atoms with Crippen LogP contribution in [0.25, 0.3) is 6.08 Å². The molecule has 37 heavy (non-hydrogen) atoms. The van der Waals surface area contributed by atoms with E-state index in [1.807, 2.05) is 6.07 Å². The molecule has 0 unspecified atom stereocenters. The summed E-state index contributed by atoms with van der Waals surface area (Å²) in [7, 11) is -3.84. The monoisotopic (exact) mass is 534 g/mol. The zero-order valence-electron chi connectivity index (χ0n) is 19.1. The molecule has 186 valence electrons. The third-order valence-corrected chi connectivity index (χ3v) is 7.17. The highest BCUT2D eigenvalue weighted by Crippen LogP contribution is 2.24. The van der Waals surface area contributed by atoms with Gasteiger partial charge in [0.1, 0.15) is 29.8 Å². The van der Waals surface area contributed by atoms with E-state index >= 15 is 0 Å². The highest BCUT2D eigenvalue weighted by atomic mass is 32.2. The molecule has 1 amide bonds. The highest BCUT2D eigenvalue weighted by Gasteiger charge is 2.16. The number of hydrogen-bond acceptors (Lipinski definition) is 7. The predicted octanol–water partition coefficient (Wildman–Crippen LogP) is 5.21. The fourth-order valence-corrected chi connectivity index (χ4v) is 4.96. The Kier molecular flexibility index (Phi) is 7.92. The second-order valence-electron chi connectivity index (χ2n) is 7.51. The van der Waals surface area contributed by atoms with Crippen molar-refractivity contribution in [2.45, 2.75) is 11.5 Å². The van der Waals surface area contributed by atoms with Crippen molar-refractivity contribution in [2.24, 2.45) is 0 Å². The summed E-state index contributed by atoms with van der Waals surface area (Å²) >= 11 is 1.14. The number of carbonyl (C=O) groups is 1. The fourth-order valence-electron chi connectivity index (χ4n) is 3.17. The number of para-hydroxylation sites is 1. The standard InChI is InChI=1S/C26H19FN4O4S2/c27-23-7-3-1-6-19(23)17-35-24-8-4-2-5-18(24)15-20(16-28)25(32)30-21-9-11-22(12-10-21)37(33,34)31-26-29-13-14-36-26/h1-15H,17H2,(H,29,31)(H,30,32). The largest absolute Gasteiger partial charge is 0.488 e. The lowest BCUT2D eigenvalue weighted by Crippen LogP contribution is -2.15. The number of sulfonamides is 1. The van der Waals surface area contributed by atoms with Crippen LogP contribution < -0.4 is 14.8 Å². The van der Waals surface area contributed by atoms with Gasteiger partial charge >= 0.3 is 0 Å². The van der Waals surface area contributed by atoms with Gasteiger partial charge in [-0.3, -0.25) is 9.52 Å². The van der Waals surface area contributed by atoms with Gasteiger partial charge in [-0.2, -0.15) is 5.26 Å². The Bertz CT molecular complexity index is 1580. The zero-order valence-corrected chi connectivity index (χ0v) is 20.7. The highest BCUT2D eigenvalue weighted by molar-refractivity contribution is 7.93. The topological polar surface area (TPSA) is 121 Å². The van der Waals surface area contributed by atoms with Gasteiger partial charge in [-0.25, -0.2) is 17.8 Å². The van der Waals surface area contributed by atoms with Gasteiger partial charge in [0.2, 0.25) is 0 Å². The number of carbonyl (C=O) groups excluding carboxylic acids is 1. The van der Waals surface area contributed by atoms with Crippen molar-refractivity contribution in [2.75, 3.05) is 10.0 Å². The van der Waals surface area contributed by atoms with Gasteiger partial charge < -0.3 is 10.1 Å². The van der Waals surface area contributed by atoms with Crippen molar-refractivity contribution in [3.63, 3.8) is 0 Å². The zero-order chi connectivity index (χ0) is 26.3. The molecule has 0 saturated heterocycles. The predicted molar refractivity (Wildman–Crippen MR) is 139 cm³/mol. The van der Waals surface area contributed by atoms with E-state index in [9.17, 15) is 22.9 Å². The number of nitrogens with one attached hydrogen (secondary N) is 2. The normalized spacial score (nSPS) is 11.4. The van der Waals surface area contributed by atoms with Gasteiger partial charge in [0.05, 0.1) is 4.90 Å². The van der Waals surface area contributed by atoms with Gasteiger partial charge in [0.25, 0.3) is 15.9 Å². The molecule has 0 aliphatic rings. The number of anilines is 2. The van der Waals surface area contributed by atoms with Crippen molar-refractivity contribution in [3.05, 3.63) is 107 Å². The van der Waals surface area contributed by atoms with E-state index in [0.29, 0.717) is 22.6 Å². The fraction of sp³-hybridized carbons (Fsp3) is 0.0385. The second kappa shape index (κ2) is 11.5. The summed E-state index contributed by atoms with van der Waals surface area (Å²) in [4.78, 5) is 16.6. The quantitative estimate of drug-likeness (QED) is 0.225. The van der Waals surface area contributed by atoms with Crippen LogP contribution >= 0.6 is 11.3 Å². The van der Waals surface area contributed by atoms with Gasteiger partial charge in [-0.15, -0.1) is 11.3 Å². The van der Waals surface area contributed by atoms with E-state index in [-0.39, 0.29) is 22.2 Å². The van der Waals surface area contributed by atoms with Crippen LogP contribution in [0, 0.1) is 17.1 Å². The lowest BCUT2D eigenvalue weighted by atomic mass is 10.1. The van der Waals surface area contributed by atoms with Crippen LogP contribution in [0.3, 0.4) is 0 Å². The third-order valence-electron chi connectivity index (χ3n) is 5.00. The second-order valence-corrected chi connectivity index (χ2v) is 10.1. The smallest absolute Gasteiger partial charge is 0.266 e. The Morgan fingerprint density at radius 1 is 1.08 bits per heavy atom. The average Bonchev–Trinajstić information content (AvgIpc) is 3.40. The number of thiazole rings is 1. The minimum Gasteiger partial charge on any atom is -0.488 e. The average molecular weight is 535 g/mol. The van der Waals surface area contributed by atoms with Crippen LogP contribution in [0.5, 0.6) is 5.75 Å². The minimum atomic E-state index is -3.84. The van der Waals surface area contributed by atoms with Gasteiger partial charge in [0, 0.05) is 28.4 Å². The van der Waals surface area contributed by atoms with Crippen LogP contribution in [-0.4, -0.2) is 19.3 Å². The number of nitrogens with zero attached hydrogens (tertiary/aromatic N) is 2. The number of ether oxygens (including phenoxy) is 1. The molecule has 1 aromatic heterocycles. The first-order valence-corrected chi connectivity index (χ1v) is 13.1. The van der Waals surface area contributed by atoms with Crippen LogP contribution in [0.15, 0.2) is 94.8 Å². The molecule has 0 saturated carbocycles. The summed E-state index contributed by atoms with van der Waals surface area (Å²) in [5.74, 6) is -0.720. The van der Waals surface area contributed by atoms with Gasteiger partial charge in [0.15, 0.2) is 5.13 Å². The molecule has 2 N–H and O–H groups in total. The number of halogens is 1. The molecule has 0 aliphatic heterocycles.